The predicted molar refractivity (Wildman–Crippen MR) is 121 cm³/mol. The quantitative estimate of drug-likeness (QED) is 0.467. The van der Waals surface area contributed by atoms with Crippen LogP contribution in [0.3, 0.4) is 0 Å². The molecule has 0 bridgehead atoms. The summed E-state index contributed by atoms with van der Waals surface area (Å²) in [7, 11) is 0. The maximum Gasteiger partial charge on any atom is 0.00418 e. The molecule has 4 saturated carbocycles. The lowest BCUT2D eigenvalue weighted by Crippen LogP contribution is -2.54. The number of rotatable bonds is 6. The van der Waals surface area contributed by atoms with Crippen molar-refractivity contribution in [2.24, 2.45) is 52.1 Å². The van der Waals surface area contributed by atoms with Gasteiger partial charge in [-0.2, -0.15) is 0 Å². The van der Waals surface area contributed by atoms with E-state index in [9.17, 15) is 0 Å². The van der Waals surface area contributed by atoms with Crippen molar-refractivity contribution in [2.75, 3.05) is 0 Å². The second-order valence-corrected chi connectivity index (χ2v) is 12.2. The number of nitrogens with two attached hydrogens (primary N) is 1. The summed E-state index contributed by atoms with van der Waals surface area (Å²) in [5.41, 5.74) is 7.65. The summed E-state index contributed by atoms with van der Waals surface area (Å²) in [6.07, 6.45) is 20.4. The van der Waals surface area contributed by atoms with Crippen molar-refractivity contribution in [2.45, 2.75) is 124 Å². The second kappa shape index (κ2) is 8.24. The highest BCUT2D eigenvalue weighted by Gasteiger charge is 2.60. The molecule has 1 nitrogen and oxygen atoms in total. The van der Waals surface area contributed by atoms with Crippen LogP contribution < -0.4 is 5.73 Å². The van der Waals surface area contributed by atoms with Gasteiger partial charge in [-0.25, -0.2) is 0 Å². The minimum absolute atomic E-state index is 0.493. The minimum Gasteiger partial charge on any atom is -0.328 e. The van der Waals surface area contributed by atoms with Gasteiger partial charge in [0.1, 0.15) is 0 Å². The van der Waals surface area contributed by atoms with Gasteiger partial charge < -0.3 is 5.73 Å². The van der Waals surface area contributed by atoms with Crippen LogP contribution in [0.1, 0.15) is 118 Å². The molecule has 28 heavy (non-hydrogen) atoms. The van der Waals surface area contributed by atoms with Crippen molar-refractivity contribution >= 4 is 0 Å². The molecule has 0 aromatic heterocycles. The maximum atomic E-state index is 6.39. The molecule has 0 saturated heterocycles. The van der Waals surface area contributed by atoms with Crippen molar-refractivity contribution in [3.8, 4) is 0 Å². The molecule has 1 heteroatoms. The zero-order valence-electron chi connectivity index (χ0n) is 19.5. The molecule has 0 spiro atoms. The molecule has 0 aromatic carbocycles. The molecule has 0 radical (unpaired) electrons. The smallest absolute Gasteiger partial charge is 0.00418 e. The molecule has 162 valence electrons. The van der Waals surface area contributed by atoms with Gasteiger partial charge in [0.25, 0.3) is 0 Å². The van der Waals surface area contributed by atoms with E-state index in [0.29, 0.717) is 16.9 Å². The molecule has 9 atom stereocenters. The van der Waals surface area contributed by atoms with E-state index >= 15 is 0 Å². The first kappa shape index (κ1) is 21.2. The fourth-order valence-electron chi connectivity index (χ4n) is 9.36. The Balaban J connectivity index is 1.45. The van der Waals surface area contributed by atoms with Crippen molar-refractivity contribution < 1.29 is 0 Å². The van der Waals surface area contributed by atoms with E-state index in [1.165, 1.54) is 83.5 Å². The fraction of sp³-hybridized carbons (Fsp3) is 1.00. The van der Waals surface area contributed by atoms with Gasteiger partial charge in [-0.05, 0) is 104 Å². The van der Waals surface area contributed by atoms with E-state index in [-0.39, 0.29) is 0 Å². The van der Waals surface area contributed by atoms with Gasteiger partial charge in [0.05, 0.1) is 0 Å². The Bertz CT molecular complexity index is 528. The molecule has 2 N–H and O–H groups in total. The van der Waals surface area contributed by atoms with E-state index in [1.54, 1.807) is 6.42 Å². The van der Waals surface area contributed by atoms with Crippen LogP contribution in [0.2, 0.25) is 0 Å². The van der Waals surface area contributed by atoms with Crippen LogP contribution >= 0.6 is 0 Å². The molecule has 4 fully saturated rings. The Morgan fingerprint density at radius 1 is 0.857 bits per heavy atom. The van der Waals surface area contributed by atoms with Crippen LogP contribution in [0.25, 0.3) is 0 Å². The molecule has 0 amide bonds. The van der Waals surface area contributed by atoms with Gasteiger partial charge in [0.2, 0.25) is 0 Å². The third-order valence-electron chi connectivity index (χ3n) is 11.0. The zero-order valence-corrected chi connectivity index (χ0v) is 19.5. The molecule has 0 aromatic rings. The maximum absolute atomic E-state index is 6.39. The Kier molecular flexibility index (Phi) is 6.24. The second-order valence-electron chi connectivity index (χ2n) is 12.2. The Morgan fingerprint density at radius 2 is 1.61 bits per heavy atom. The van der Waals surface area contributed by atoms with Gasteiger partial charge >= 0.3 is 0 Å². The fourth-order valence-corrected chi connectivity index (χ4v) is 9.36. The Hall–Kier alpha value is -0.0400. The first-order valence-electron chi connectivity index (χ1n) is 13.2. The predicted octanol–water partition coefficient (Wildman–Crippen LogP) is 7.58. The van der Waals surface area contributed by atoms with Crippen molar-refractivity contribution in [3.63, 3.8) is 0 Å². The number of fused-ring (bicyclic) bond motifs is 5. The zero-order chi connectivity index (χ0) is 19.9. The summed E-state index contributed by atoms with van der Waals surface area (Å²) >= 11 is 0. The monoisotopic (exact) mass is 387 g/mol. The summed E-state index contributed by atoms with van der Waals surface area (Å²) in [6, 6.07) is 0.493. The standard InChI is InChI=1S/C27H49N/c1-5-6-7-8-9-19(2)23-12-13-24-22-11-10-20-18-21(28)14-16-26(20,3)25(22)15-17-27(23,24)4/h19-25H,5-18,28H2,1-4H3/t19?,20-,21+,22-,23+,24-,25-,26-,27+/m0/s1. The van der Waals surface area contributed by atoms with Gasteiger partial charge in [0.15, 0.2) is 0 Å². The Morgan fingerprint density at radius 3 is 2.39 bits per heavy atom. The van der Waals surface area contributed by atoms with Gasteiger partial charge in [0, 0.05) is 6.04 Å². The highest BCUT2D eigenvalue weighted by molar-refractivity contribution is 5.09. The SMILES string of the molecule is CCCCCCC(C)[C@H]1CC[C@H]2[C@@H]3CC[C@H]4C[C@H](N)CC[C@]4(C)[C@H]3CC[C@]12C. The van der Waals surface area contributed by atoms with E-state index in [4.69, 9.17) is 5.73 Å². The van der Waals surface area contributed by atoms with Gasteiger partial charge in [-0.3, -0.25) is 0 Å². The van der Waals surface area contributed by atoms with Crippen molar-refractivity contribution in [1.82, 2.24) is 0 Å². The third-order valence-corrected chi connectivity index (χ3v) is 11.0. The summed E-state index contributed by atoms with van der Waals surface area (Å²) in [6.45, 7) is 10.4. The van der Waals surface area contributed by atoms with E-state index in [1.807, 2.05) is 0 Å². The van der Waals surface area contributed by atoms with Crippen LogP contribution in [0.4, 0.5) is 0 Å². The highest BCUT2D eigenvalue weighted by Crippen LogP contribution is 2.68. The van der Waals surface area contributed by atoms with E-state index in [2.05, 4.69) is 27.7 Å². The summed E-state index contributed by atoms with van der Waals surface area (Å²) in [4.78, 5) is 0. The van der Waals surface area contributed by atoms with E-state index in [0.717, 1.165) is 35.5 Å². The molecule has 1 unspecified atom stereocenters. The summed E-state index contributed by atoms with van der Waals surface area (Å²) in [5, 5.41) is 0. The lowest BCUT2D eigenvalue weighted by atomic mass is 9.44. The van der Waals surface area contributed by atoms with Gasteiger partial charge in [-0.1, -0.05) is 59.8 Å². The first-order valence-corrected chi connectivity index (χ1v) is 13.2. The molecule has 4 aliphatic carbocycles. The summed E-state index contributed by atoms with van der Waals surface area (Å²) in [5.74, 6) is 5.95. The number of unbranched alkanes of at least 4 members (excludes halogenated alkanes) is 3. The number of hydrogen-bond donors (Lipinski definition) is 1. The van der Waals surface area contributed by atoms with Crippen LogP contribution in [0.5, 0.6) is 0 Å². The average molecular weight is 388 g/mol. The first-order chi connectivity index (χ1) is 13.4. The number of hydrogen-bond acceptors (Lipinski definition) is 1. The molecule has 0 heterocycles. The average Bonchev–Trinajstić information content (AvgIpc) is 3.03. The van der Waals surface area contributed by atoms with Gasteiger partial charge in [-0.15, -0.1) is 0 Å². The summed E-state index contributed by atoms with van der Waals surface area (Å²) < 4.78 is 0. The largest absolute Gasteiger partial charge is 0.328 e. The lowest BCUT2D eigenvalue weighted by Gasteiger charge is -2.61. The minimum atomic E-state index is 0.493. The Labute approximate surface area is 176 Å². The van der Waals surface area contributed by atoms with E-state index < -0.39 is 0 Å². The van der Waals surface area contributed by atoms with Crippen LogP contribution in [-0.2, 0) is 0 Å². The molecular formula is C27H49N. The third kappa shape index (κ3) is 3.50. The lowest BCUT2D eigenvalue weighted by molar-refractivity contribution is -0.116. The molecular weight excluding hydrogens is 338 g/mol. The van der Waals surface area contributed by atoms with Crippen LogP contribution in [0.15, 0.2) is 0 Å². The van der Waals surface area contributed by atoms with Crippen molar-refractivity contribution in [3.05, 3.63) is 0 Å². The molecule has 4 rings (SSSR count). The van der Waals surface area contributed by atoms with Crippen LogP contribution in [-0.4, -0.2) is 6.04 Å². The molecule has 0 aliphatic heterocycles. The van der Waals surface area contributed by atoms with Crippen LogP contribution in [0, 0.1) is 46.3 Å². The topological polar surface area (TPSA) is 26.0 Å². The molecule has 4 aliphatic rings. The normalized spacial score (nSPS) is 49.2. The highest BCUT2D eigenvalue weighted by atomic mass is 14.7. The van der Waals surface area contributed by atoms with Crippen molar-refractivity contribution in [1.29, 1.82) is 0 Å².